The number of hydrogen-bond donors (Lipinski definition) is 0. The van der Waals surface area contributed by atoms with E-state index in [1.807, 2.05) is 42.5 Å². The Morgan fingerprint density at radius 2 is 1.87 bits per heavy atom. The molecule has 0 N–H and O–H groups in total. The highest BCUT2D eigenvalue weighted by atomic mass is 79.9. The summed E-state index contributed by atoms with van der Waals surface area (Å²) in [5, 5.41) is 8.80. The molecule has 15 heavy (non-hydrogen) atoms. The minimum Gasteiger partial charge on any atom is -0.237 e. The van der Waals surface area contributed by atoms with E-state index in [1.165, 1.54) is 0 Å². The average Bonchev–Trinajstić information content (AvgIpc) is 2.29. The van der Waals surface area contributed by atoms with Gasteiger partial charge in [0.25, 0.3) is 0 Å². The van der Waals surface area contributed by atoms with Crippen molar-refractivity contribution in [1.82, 2.24) is 4.98 Å². The molecule has 2 rings (SSSR count). The number of rotatable bonds is 1. The summed E-state index contributed by atoms with van der Waals surface area (Å²) in [5.41, 5.74) is 2.24. The molecule has 0 saturated carbocycles. The van der Waals surface area contributed by atoms with Crippen molar-refractivity contribution in [2.75, 3.05) is 0 Å². The predicted octanol–water partition coefficient (Wildman–Crippen LogP) is 3.38. The highest BCUT2D eigenvalue weighted by molar-refractivity contribution is 9.10. The van der Waals surface area contributed by atoms with Gasteiger partial charge in [-0.1, -0.05) is 46.3 Å². The first-order chi connectivity index (χ1) is 7.29. The van der Waals surface area contributed by atoms with Crippen LogP contribution in [-0.4, -0.2) is 4.98 Å². The molecule has 0 aliphatic heterocycles. The lowest BCUT2D eigenvalue weighted by atomic mass is 10.1. The van der Waals surface area contributed by atoms with Crippen molar-refractivity contribution >= 4 is 15.9 Å². The van der Waals surface area contributed by atoms with E-state index in [9.17, 15) is 0 Å². The summed E-state index contributed by atoms with van der Waals surface area (Å²) in [6.45, 7) is 0. The van der Waals surface area contributed by atoms with Gasteiger partial charge in [-0.25, -0.2) is 4.98 Å². The van der Waals surface area contributed by atoms with E-state index in [1.54, 1.807) is 6.07 Å². The lowest BCUT2D eigenvalue weighted by Gasteiger charge is -2.01. The second kappa shape index (κ2) is 4.24. The highest BCUT2D eigenvalue weighted by Crippen LogP contribution is 2.21. The first-order valence-corrected chi connectivity index (χ1v) is 5.22. The number of hydrogen-bond acceptors (Lipinski definition) is 2. The lowest BCUT2D eigenvalue weighted by molar-refractivity contribution is 1.26. The Bertz CT molecular complexity index is 515. The number of pyridine rings is 1. The van der Waals surface area contributed by atoms with Gasteiger partial charge in [-0.2, -0.15) is 5.26 Å². The normalized spacial score (nSPS) is 9.60. The van der Waals surface area contributed by atoms with Crippen LogP contribution >= 0.6 is 15.9 Å². The topological polar surface area (TPSA) is 36.7 Å². The van der Waals surface area contributed by atoms with Crippen molar-refractivity contribution in [1.29, 1.82) is 5.26 Å². The Hall–Kier alpha value is -1.66. The standard InChI is InChI=1S/C12H7BrN2/c13-10-6-11(8-14)15-12(7-10)9-4-2-1-3-5-9/h1-7H. The van der Waals surface area contributed by atoms with E-state index in [4.69, 9.17) is 5.26 Å². The van der Waals surface area contributed by atoms with Gasteiger partial charge in [0, 0.05) is 10.0 Å². The van der Waals surface area contributed by atoms with Gasteiger partial charge >= 0.3 is 0 Å². The maximum Gasteiger partial charge on any atom is 0.142 e. The number of halogens is 1. The molecule has 1 aromatic heterocycles. The molecule has 1 heterocycles. The maximum absolute atomic E-state index is 8.80. The largest absolute Gasteiger partial charge is 0.237 e. The summed E-state index contributed by atoms with van der Waals surface area (Å²) in [7, 11) is 0. The molecule has 0 unspecified atom stereocenters. The molecular formula is C12H7BrN2. The Morgan fingerprint density at radius 1 is 1.13 bits per heavy atom. The first kappa shape index (κ1) is 9.88. The first-order valence-electron chi connectivity index (χ1n) is 4.43. The third kappa shape index (κ3) is 2.23. The van der Waals surface area contributed by atoms with Crippen LogP contribution in [0.5, 0.6) is 0 Å². The number of nitriles is 1. The average molecular weight is 259 g/mol. The third-order valence-electron chi connectivity index (χ3n) is 1.97. The molecule has 0 radical (unpaired) electrons. The smallest absolute Gasteiger partial charge is 0.142 e. The maximum atomic E-state index is 8.80. The monoisotopic (exact) mass is 258 g/mol. The van der Waals surface area contributed by atoms with Gasteiger partial charge in [0.05, 0.1) is 5.69 Å². The van der Waals surface area contributed by atoms with Crippen LogP contribution in [0.1, 0.15) is 5.69 Å². The van der Waals surface area contributed by atoms with Crippen LogP contribution in [0.3, 0.4) is 0 Å². The lowest BCUT2D eigenvalue weighted by Crippen LogP contribution is -1.87. The second-order valence-electron chi connectivity index (χ2n) is 3.03. The van der Waals surface area contributed by atoms with Crippen LogP contribution in [0.2, 0.25) is 0 Å². The molecule has 0 amide bonds. The molecule has 0 aliphatic carbocycles. The zero-order chi connectivity index (χ0) is 10.7. The molecule has 0 saturated heterocycles. The molecule has 3 heteroatoms. The molecular weight excluding hydrogens is 252 g/mol. The number of benzene rings is 1. The molecule has 72 valence electrons. The minimum atomic E-state index is 0.420. The number of nitrogens with zero attached hydrogens (tertiary/aromatic N) is 2. The van der Waals surface area contributed by atoms with Crippen LogP contribution in [0.4, 0.5) is 0 Å². The molecule has 0 fully saturated rings. The van der Waals surface area contributed by atoms with Crippen LogP contribution < -0.4 is 0 Å². The summed E-state index contributed by atoms with van der Waals surface area (Å²) < 4.78 is 0.868. The van der Waals surface area contributed by atoms with E-state index in [0.717, 1.165) is 15.7 Å². The summed E-state index contributed by atoms with van der Waals surface area (Å²) >= 11 is 3.36. The fourth-order valence-electron chi connectivity index (χ4n) is 1.31. The zero-order valence-electron chi connectivity index (χ0n) is 7.81. The van der Waals surface area contributed by atoms with Crippen molar-refractivity contribution < 1.29 is 0 Å². The Morgan fingerprint density at radius 3 is 2.53 bits per heavy atom. The molecule has 2 aromatic rings. The van der Waals surface area contributed by atoms with Gasteiger partial charge in [-0.3, -0.25) is 0 Å². The van der Waals surface area contributed by atoms with Gasteiger partial charge in [0.1, 0.15) is 11.8 Å². The summed E-state index contributed by atoms with van der Waals surface area (Å²) in [6.07, 6.45) is 0. The van der Waals surface area contributed by atoms with Gasteiger partial charge in [0.2, 0.25) is 0 Å². The SMILES string of the molecule is N#Cc1cc(Br)cc(-c2ccccc2)n1. The minimum absolute atomic E-state index is 0.420. The van der Waals surface area contributed by atoms with E-state index in [0.29, 0.717) is 5.69 Å². The van der Waals surface area contributed by atoms with Gasteiger partial charge in [-0.05, 0) is 12.1 Å². The van der Waals surface area contributed by atoms with Crippen LogP contribution in [-0.2, 0) is 0 Å². The van der Waals surface area contributed by atoms with Crippen LogP contribution in [0.15, 0.2) is 46.9 Å². The third-order valence-corrected chi connectivity index (χ3v) is 2.43. The molecule has 0 atom stereocenters. The molecule has 0 bridgehead atoms. The number of aromatic nitrogens is 1. The predicted molar refractivity (Wildman–Crippen MR) is 62.1 cm³/mol. The quantitative estimate of drug-likeness (QED) is 0.787. The van der Waals surface area contributed by atoms with E-state index in [-0.39, 0.29) is 0 Å². The molecule has 1 aromatic carbocycles. The molecule has 0 spiro atoms. The Kier molecular flexibility index (Phi) is 2.79. The van der Waals surface area contributed by atoms with E-state index in [2.05, 4.69) is 20.9 Å². The summed E-state index contributed by atoms with van der Waals surface area (Å²) in [5.74, 6) is 0. The van der Waals surface area contributed by atoms with Gasteiger partial charge < -0.3 is 0 Å². The highest BCUT2D eigenvalue weighted by Gasteiger charge is 2.02. The van der Waals surface area contributed by atoms with Crippen molar-refractivity contribution in [2.24, 2.45) is 0 Å². The van der Waals surface area contributed by atoms with Crippen molar-refractivity contribution in [3.63, 3.8) is 0 Å². The van der Waals surface area contributed by atoms with Crippen LogP contribution in [0, 0.1) is 11.3 Å². The zero-order valence-corrected chi connectivity index (χ0v) is 9.40. The van der Waals surface area contributed by atoms with Gasteiger partial charge in [-0.15, -0.1) is 0 Å². The molecule has 0 aliphatic rings. The fraction of sp³-hybridized carbons (Fsp3) is 0. The fourth-order valence-corrected chi connectivity index (χ4v) is 1.74. The van der Waals surface area contributed by atoms with Gasteiger partial charge in [0.15, 0.2) is 0 Å². The van der Waals surface area contributed by atoms with E-state index >= 15 is 0 Å². The van der Waals surface area contributed by atoms with E-state index < -0.39 is 0 Å². The van der Waals surface area contributed by atoms with Crippen molar-refractivity contribution in [2.45, 2.75) is 0 Å². The second-order valence-corrected chi connectivity index (χ2v) is 3.95. The Labute approximate surface area is 96.3 Å². The van der Waals surface area contributed by atoms with Crippen LogP contribution in [0.25, 0.3) is 11.3 Å². The Balaban J connectivity index is 2.55. The van der Waals surface area contributed by atoms with Crippen molar-refractivity contribution in [3.8, 4) is 17.3 Å². The molecule has 2 nitrogen and oxygen atoms in total. The van der Waals surface area contributed by atoms with Crippen molar-refractivity contribution in [3.05, 3.63) is 52.6 Å². The summed E-state index contributed by atoms with van der Waals surface area (Å²) in [6, 6.07) is 15.4. The summed E-state index contributed by atoms with van der Waals surface area (Å²) in [4.78, 5) is 4.23.